The highest BCUT2D eigenvalue weighted by atomic mass is 32.1. The van der Waals surface area contributed by atoms with Gasteiger partial charge in [-0.05, 0) is 25.0 Å². The molecule has 2 rings (SSSR count). The van der Waals surface area contributed by atoms with Crippen LogP contribution in [0.2, 0.25) is 0 Å². The third kappa shape index (κ3) is 4.69. The number of nitrogens with two attached hydrogens (primary N) is 1. The zero-order chi connectivity index (χ0) is 16.7. The van der Waals surface area contributed by atoms with Crippen LogP contribution in [0.5, 0.6) is 5.75 Å². The number of nitrogens with zero attached hydrogens (tertiary/aromatic N) is 2. The Kier molecular flexibility index (Phi) is 6.40. The minimum Gasteiger partial charge on any atom is -0.483 e. The van der Waals surface area contributed by atoms with E-state index in [1.54, 1.807) is 0 Å². The van der Waals surface area contributed by atoms with Gasteiger partial charge in [0.05, 0.1) is 5.69 Å². The maximum atomic E-state index is 12.3. The van der Waals surface area contributed by atoms with Crippen LogP contribution in [0.3, 0.4) is 0 Å². The molecule has 0 aliphatic rings. The summed E-state index contributed by atoms with van der Waals surface area (Å²) in [4.78, 5) is 18.4. The Morgan fingerprint density at radius 2 is 1.96 bits per heavy atom. The molecule has 2 aromatic rings. The lowest BCUT2D eigenvalue weighted by Gasteiger charge is -2.21. The molecule has 0 bridgehead atoms. The van der Waals surface area contributed by atoms with E-state index in [0.29, 0.717) is 10.9 Å². The first-order valence-electron chi connectivity index (χ1n) is 7.86. The Morgan fingerprint density at radius 1 is 1.26 bits per heavy atom. The van der Waals surface area contributed by atoms with E-state index in [1.165, 1.54) is 11.3 Å². The molecule has 2 N–H and O–H groups in total. The van der Waals surface area contributed by atoms with Gasteiger partial charge in [-0.3, -0.25) is 4.79 Å². The van der Waals surface area contributed by atoms with Crippen molar-refractivity contribution >= 4 is 22.4 Å². The number of thiazole rings is 1. The number of nitrogen functional groups attached to an aromatic ring is 1. The molecule has 0 radical (unpaired) electrons. The zero-order valence-electron chi connectivity index (χ0n) is 13.6. The third-order valence-corrected chi connectivity index (χ3v) is 4.05. The van der Waals surface area contributed by atoms with Crippen LogP contribution in [-0.2, 0) is 4.79 Å². The minimum atomic E-state index is 0.0151. The number of para-hydroxylation sites is 1. The van der Waals surface area contributed by atoms with E-state index < -0.39 is 0 Å². The summed E-state index contributed by atoms with van der Waals surface area (Å²) < 4.78 is 5.77. The molecule has 0 aliphatic carbocycles. The summed E-state index contributed by atoms with van der Waals surface area (Å²) in [6.45, 7) is 5.70. The number of carbonyl (C=O) groups excluding carboxylic acids is 1. The van der Waals surface area contributed by atoms with Crippen molar-refractivity contribution in [2.45, 2.75) is 26.7 Å². The van der Waals surface area contributed by atoms with E-state index in [4.69, 9.17) is 10.5 Å². The summed E-state index contributed by atoms with van der Waals surface area (Å²) in [5.41, 5.74) is 7.33. The Labute approximate surface area is 141 Å². The number of carbonyl (C=O) groups is 1. The van der Waals surface area contributed by atoms with Crippen molar-refractivity contribution < 1.29 is 9.53 Å². The molecule has 0 spiro atoms. The van der Waals surface area contributed by atoms with Crippen LogP contribution < -0.4 is 10.5 Å². The first kappa shape index (κ1) is 17.3. The van der Waals surface area contributed by atoms with Gasteiger partial charge in [-0.2, -0.15) is 0 Å². The fourth-order valence-corrected chi connectivity index (χ4v) is 2.91. The summed E-state index contributed by atoms with van der Waals surface area (Å²) in [7, 11) is 0. The highest BCUT2D eigenvalue weighted by Crippen LogP contribution is 2.31. The molecular weight excluding hydrogens is 310 g/mol. The fraction of sp³-hybridized carbons (Fsp3) is 0.412. The van der Waals surface area contributed by atoms with Gasteiger partial charge in [0.15, 0.2) is 11.7 Å². The third-order valence-electron chi connectivity index (χ3n) is 3.38. The van der Waals surface area contributed by atoms with Crippen molar-refractivity contribution in [3.8, 4) is 17.0 Å². The second-order valence-corrected chi connectivity index (χ2v) is 6.13. The lowest BCUT2D eigenvalue weighted by molar-refractivity contribution is -0.133. The summed E-state index contributed by atoms with van der Waals surface area (Å²) in [5.74, 6) is 0.667. The predicted molar refractivity (Wildman–Crippen MR) is 94.6 cm³/mol. The zero-order valence-corrected chi connectivity index (χ0v) is 14.4. The van der Waals surface area contributed by atoms with Crippen molar-refractivity contribution in [3.63, 3.8) is 0 Å². The summed E-state index contributed by atoms with van der Waals surface area (Å²) in [6, 6.07) is 7.57. The molecule has 0 aliphatic heterocycles. The number of hydrogen-bond donors (Lipinski definition) is 1. The lowest BCUT2D eigenvalue weighted by Crippen LogP contribution is -2.36. The Balaban J connectivity index is 2.07. The molecule has 124 valence electrons. The Hall–Kier alpha value is -2.08. The average molecular weight is 333 g/mol. The predicted octanol–water partition coefficient (Wildman–Crippen LogP) is 3.42. The van der Waals surface area contributed by atoms with Crippen molar-refractivity contribution in [2.24, 2.45) is 0 Å². The second kappa shape index (κ2) is 8.53. The molecule has 5 nitrogen and oxygen atoms in total. The normalized spacial score (nSPS) is 10.5. The lowest BCUT2D eigenvalue weighted by atomic mass is 10.1. The molecule has 6 heteroatoms. The van der Waals surface area contributed by atoms with E-state index in [1.807, 2.05) is 34.5 Å². The van der Waals surface area contributed by atoms with Gasteiger partial charge in [-0.15, -0.1) is 11.3 Å². The smallest absolute Gasteiger partial charge is 0.260 e. The van der Waals surface area contributed by atoms with E-state index in [0.717, 1.165) is 37.2 Å². The number of anilines is 1. The second-order valence-electron chi connectivity index (χ2n) is 5.24. The first-order chi connectivity index (χ1) is 11.2. The van der Waals surface area contributed by atoms with Gasteiger partial charge in [-0.25, -0.2) is 4.98 Å². The van der Waals surface area contributed by atoms with Crippen LogP contribution in [0.4, 0.5) is 5.13 Å². The van der Waals surface area contributed by atoms with Gasteiger partial charge in [0.1, 0.15) is 5.75 Å². The van der Waals surface area contributed by atoms with Gasteiger partial charge in [-0.1, -0.05) is 26.0 Å². The molecule has 23 heavy (non-hydrogen) atoms. The highest BCUT2D eigenvalue weighted by molar-refractivity contribution is 7.13. The Bertz CT molecular complexity index is 636. The summed E-state index contributed by atoms with van der Waals surface area (Å²) in [6.07, 6.45) is 1.89. The van der Waals surface area contributed by atoms with E-state index in [-0.39, 0.29) is 12.5 Å². The molecule has 1 amide bonds. The molecule has 0 saturated carbocycles. The van der Waals surface area contributed by atoms with Gasteiger partial charge in [0, 0.05) is 24.0 Å². The number of amides is 1. The molecular formula is C17H23N3O2S. The first-order valence-corrected chi connectivity index (χ1v) is 8.74. The fourth-order valence-electron chi connectivity index (χ4n) is 2.35. The van der Waals surface area contributed by atoms with Crippen LogP contribution in [0, 0.1) is 0 Å². The highest BCUT2D eigenvalue weighted by Gasteiger charge is 2.14. The van der Waals surface area contributed by atoms with Crippen molar-refractivity contribution in [1.82, 2.24) is 9.88 Å². The minimum absolute atomic E-state index is 0.0151. The van der Waals surface area contributed by atoms with E-state index in [2.05, 4.69) is 18.8 Å². The number of rotatable bonds is 8. The van der Waals surface area contributed by atoms with Gasteiger partial charge in [0.2, 0.25) is 0 Å². The summed E-state index contributed by atoms with van der Waals surface area (Å²) >= 11 is 1.39. The van der Waals surface area contributed by atoms with Gasteiger partial charge < -0.3 is 15.4 Å². The van der Waals surface area contributed by atoms with Crippen molar-refractivity contribution in [3.05, 3.63) is 29.6 Å². The number of hydrogen-bond acceptors (Lipinski definition) is 5. The molecule has 1 heterocycles. The topological polar surface area (TPSA) is 68.5 Å². The monoisotopic (exact) mass is 333 g/mol. The van der Waals surface area contributed by atoms with Crippen molar-refractivity contribution in [2.75, 3.05) is 25.4 Å². The molecule has 0 fully saturated rings. The summed E-state index contributed by atoms with van der Waals surface area (Å²) in [5, 5.41) is 2.41. The largest absolute Gasteiger partial charge is 0.483 e. The molecule has 0 unspecified atom stereocenters. The van der Waals surface area contributed by atoms with Crippen LogP contribution >= 0.6 is 11.3 Å². The number of aromatic nitrogens is 1. The van der Waals surface area contributed by atoms with Gasteiger partial charge in [0.25, 0.3) is 5.91 Å². The van der Waals surface area contributed by atoms with Crippen LogP contribution in [-0.4, -0.2) is 35.5 Å². The maximum absolute atomic E-state index is 12.3. The number of ether oxygens (including phenoxy) is 1. The van der Waals surface area contributed by atoms with Gasteiger partial charge >= 0.3 is 0 Å². The Morgan fingerprint density at radius 3 is 2.57 bits per heavy atom. The SMILES string of the molecule is CCCN(CCC)C(=O)COc1ccccc1-c1csc(N)n1. The van der Waals surface area contributed by atoms with Crippen LogP contribution in [0.25, 0.3) is 11.3 Å². The standard InChI is InChI=1S/C17H23N3O2S/c1-3-9-20(10-4-2)16(21)11-22-15-8-6-5-7-13(15)14-12-23-17(18)19-14/h5-8,12H,3-4,9-11H2,1-2H3,(H2,18,19). The molecule has 0 saturated heterocycles. The average Bonchev–Trinajstić information content (AvgIpc) is 2.99. The molecule has 1 aromatic heterocycles. The quantitative estimate of drug-likeness (QED) is 0.804. The maximum Gasteiger partial charge on any atom is 0.260 e. The number of benzene rings is 1. The van der Waals surface area contributed by atoms with Crippen molar-refractivity contribution in [1.29, 1.82) is 0 Å². The molecule has 0 atom stereocenters. The van der Waals surface area contributed by atoms with Crippen LogP contribution in [0.15, 0.2) is 29.6 Å². The van der Waals surface area contributed by atoms with E-state index in [9.17, 15) is 4.79 Å². The van der Waals surface area contributed by atoms with Crippen LogP contribution in [0.1, 0.15) is 26.7 Å². The van der Waals surface area contributed by atoms with E-state index >= 15 is 0 Å². The molecule has 1 aromatic carbocycles.